The second-order valence-electron chi connectivity index (χ2n) is 6.29. The normalized spacial score (nSPS) is 13.3. The van der Waals surface area contributed by atoms with Crippen molar-refractivity contribution in [3.05, 3.63) is 35.4 Å². The molecule has 0 unspecified atom stereocenters. The van der Waals surface area contributed by atoms with Crippen molar-refractivity contribution in [1.82, 2.24) is 0 Å². The lowest BCUT2D eigenvalue weighted by atomic mass is 9.93. The van der Waals surface area contributed by atoms with Crippen LogP contribution in [0.15, 0.2) is 34.5 Å². The van der Waals surface area contributed by atoms with Crippen LogP contribution in [0.4, 0.5) is 0 Å². The van der Waals surface area contributed by atoms with Crippen molar-refractivity contribution in [2.24, 2.45) is 10.2 Å². The molecule has 0 spiro atoms. The molecule has 0 aliphatic rings. The Hall–Kier alpha value is -1.18. The molecule has 0 aliphatic carbocycles. The second-order valence-corrected chi connectivity index (χ2v) is 6.29. The van der Waals surface area contributed by atoms with E-state index in [1.54, 1.807) is 0 Å². The highest BCUT2D eigenvalue weighted by Gasteiger charge is 2.20. The summed E-state index contributed by atoms with van der Waals surface area (Å²) in [6, 6.07) is 8.47. The zero-order chi connectivity index (χ0) is 13.1. The number of hydrogen-bond acceptors (Lipinski definition) is 2. The summed E-state index contributed by atoms with van der Waals surface area (Å²) >= 11 is 0. The molecule has 0 heterocycles. The Kier molecular flexibility index (Phi) is 4.07. The molecule has 0 aliphatic heterocycles. The Morgan fingerprint density at radius 3 is 2.06 bits per heavy atom. The van der Waals surface area contributed by atoms with E-state index < -0.39 is 0 Å². The number of rotatable bonds is 3. The predicted molar refractivity (Wildman–Crippen MR) is 73.6 cm³/mol. The quantitative estimate of drug-likeness (QED) is 0.682. The van der Waals surface area contributed by atoms with Crippen LogP contribution in [0.5, 0.6) is 0 Å². The molecular weight excluding hydrogens is 208 g/mol. The van der Waals surface area contributed by atoms with Gasteiger partial charge < -0.3 is 0 Å². The SMILES string of the molecule is Cc1ccccc1CC(C)(C)N=NC(C)(C)C. The molecule has 0 aromatic heterocycles. The average Bonchev–Trinajstić information content (AvgIpc) is 2.18. The first-order valence-electron chi connectivity index (χ1n) is 6.18. The van der Waals surface area contributed by atoms with E-state index in [0.29, 0.717) is 0 Å². The minimum atomic E-state index is -0.139. The van der Waals surface area contributed by atoms with Gasteiger partial charge in [0.25, 0.3) is 0 Å². The molecule has 94 valence electrons. The number of benzene rings is 1. The first-order valence-corrected chi connectivity index (χ1v) is 6.18. The summed E-state index contributed by atoms with van der Waals surface area (Å²) in [6.07, 6.45) is 0.930. The lowest BCUT2D eigenvalue weighted by molar-refractivity contribution is 0.436. The largest absolute Gasteiger partial charge is 0.188 e. The third kappa shape index (κ3) is 5.12. The number of azo groups is 1. The highest BCUT2D eigenvalue weighted by molar-refractivity contribution is 5.27. The van der Waals surface area contributed by atoms with Crippen LogP contribution in [0.1, 0.15) is 45.7 Å². The number of hydrogen-bond donors (Lipinski definition) is 0. The number of aryl methyl sites for hydroxylation is 1. The molecule has 17 heavy (non-hydrogen) atoms. The number of nitrogens with zero attached hydrogens (tertiary/aromatic N) is 2. The average molecular weight is 232 g/mol. The lowest BCUT2D eigenvalue weighted by Gasteiger charge is -2.21. The van der Waals surface area contributed by atoms with Crippen molar-refractivity contribution in [1.29, 1.82) is 0 Å². The molecule has 0 amide bonds. The first-order chi connectivity index (χ1) is 7.70. The monoisotopic (exact) mass is 232 g/mol. The molecule has 0 saturated carbocycles. The molecule has 1 rings (SSSR count). The fourth-order valence-electron chi connectivity index (χ4n) is 1.60. The fourth-order valence-corrected chi connectivity index (χ4v) is 1.60. The van der Waals surface area contributed by atoms with E-state index in [1.807, 2.05) is 0 Å². The molecule has 0 radical (unpaired) electrons. The molecule has 0 N–H and O–H groups in total. The van der Waals surface area contributed by atoms with Crippen molar-refractivity contribution in [2.45, 2.75) is 59.0 Å². The van der Waals surface area contributed by atoms with E-state index in [4.69, 9.17) is 0 Å². The van der Waals surface area contributed by atoms with Crippen LogP contribution in [0.2, 0.25) is 0 Å². The minimum absolute atomic E-state index is 0.0942. The van der Waals surface area contributed by atoms with Gasteiger partial charge in [-0.15, -0.1) is 0 Å². The zero-order valence-electron chi connectivity index (χ0n) is 11.9. The Balaban J connectivity index is 2.80. The highest BCUT2D eigenvalue weighted by Crippen LogP contribution is 2.21. The maximum atomic E-state index is 4.49. The molecular formula is C15H24N2. The van der Waals surface area contributed by atoms with Gasteiger partial charge in [-0.25, -0.2) is 0 Å². The van der Waals surface area contributed by atoms with Crippen LogP contribution in [-0.4, -0.2) is 11.1 Å². The maximum Gasteiger partial charge on any atom is 0.0800 e. The summed E-state index contributed by atoms with van der Waals surface area (Å²) in [5.41, 5.74) is 2.44. The zero-order valence-corrected chi connectivity index (χ0v) is 11.9. The molecule has 1 aromatic rings. The molecule has 1 aromatic carbocycles. The van der Waals surface area contributed by atoms with Gasteiger partial charge in [0.1, 0.15) is 0 Å². The van der Waals surface area contributed by atoms with Crippen molar-refractivity contribution < 1.29 is 0 Å². The summed E-state index contributed by atoms with van der Waals surface area (Å²) in [5, 5.41) is 8.87. The van der Waals surface area contributed by atoms with Gasteiger partial charge in [0.2, 0.25) is 0 Å². The molecule has 0 saturated heterocycles. The Morgan fingerprint density at radius 2 is 1.53 bits per heavy atom. The second kappa shape index (κ2) is 4.99. The summed E-state index contributed by atoms with van der Waals surface area (Å²) < 4.78 is 0. The Bertz CT molecular complexity index is 398. The predicted octanol–water partition coefficient (Wildman–Crippen LogP) is 4.57. The van der Waals surface area contributed by atoms with Crippen LogP contribution >= 0.6 is 0 Å². The topological polar surface area (TPSA) is 24.7 Å². The van der Waals surface area contributed by atoms with E-state index in [2.05, 4.69) is 76.0 Å². The minimum Gasteiger partial charge on any atom is -0.188 e. The summed E-state index contributed by atoms with van der Waals surface area (Å²) in [4.78, 5) is 0. The van der Waals surface area contributed by atoms with Gasteiger partial charge in [0.05, 0.1) is 11.1 Å². The molecule has 0 fully saturated rings. The van der Waals surface area contributed by atoms with Crippen molar-refractivity contribution in [3.8, 4) is 0 Å². The van der Waals surface area contributed by atoms with E-state index in [9.17, 15) is 0 Å². The maximum absolute atomic E-state index is 4.49. The molecule has 2 nitrogen and oxygen atoms in total. The van der Waals surface area contributed by atoms with Gasteiger partial charge in [0.15, 0.2) is 0 Å². The van der Waals surface area contributed by atoms with E-state index in [1.165, 1.54) is 11.1 Å². The van der Waals surface area contributed by atoms with E-state index in [0.717, 1.165) is 6.42 Å². The Morgan fingerprint density at radius 1 is 0.941 bits per heavy atom. The van der Waals surface area contributed by atoms with Crippen LogP contribution in [0.3, 0.4) is 0 Å². The summed E-state index contributed by atoms with van der Waals surface area (Å²) in [5.74, 6) is 0. The van der Waals surface area contributed by atoms with E-state index >= 15 is 0 Å². The van der Waals surface area contributed by atoms with Gasteiger partial charge in [0, 0.05) is 0 Å². The van der Waals surface area contributed by atoms with Crippen molar-refractivity contribution >= 4 is 0 Å². The van der Waals surface area contributed by atoms with Crippen LogP contribution in [0, 0.1) is 6.92 Å². The highest BCUT2D eigenvalue weighted by atomic mass is 15.2. The smallest absolute Gasteiger partial charge is 0.0800 e. The third-order valence-corrected chi connectivity index (χ3v) is 2.51. The molecule has 0 atom stereocenters. The van der Waals surface area contributed by atoms with Crippen LogP contribution in [0.25, 0.3) is 0 Å². The molecule has 2 heteroatoms. The van der Waals surface area contributed by atoms with Gasteiger partial charge in [-0.1, -0.05) is 24.3 Å². The fraction of sp³-hybridized carbons (Fsp3) is 0.600. The molecule has 0 bridgehead atoms. The summed E-state index contributed by atoms with van der Waals surface area (Å²) in [6.45, 7) is 12.6. The van der Waals surface area contributed by atoms with Crippen molar-refractivity contribution in [3.63, 3.8) is 0 Å². The van der Waals surface area contributed by atoms with Gasteiger partial charge in [-0.2, -0.15) is 10.2 Å². The van der Waals surface area contributed by atoms with Crippen LogP contribution in [-0.2, 0) is 6.42 Å². The van der Waals surface area contributed by atoms with E-state index in [-0.39, 0.29) is 11.1 Å². The summed E-state index contributed by atoms with van der Waals surface area (Å²) in [7, 11) is 0. The van der Waals surface area contributed by atoms with Gasteiger partial charge in [-0.05, 0) is 59.1 Å². The van der Waals surface area contributed by atoms with Crippen LogP contribution < -0.4 is 0 Å². The standard InChI is InChI=1S/C15H24N2/c1-12-9-7-8-10-13(12)11-15(5,6)17-16-14(2,3)4/h7-10H,11H2,1-6H3. The van der Waals surface area contributed by atoms with Gasteiger partial charge in [-0.3, -0.25) is 0 Å². The van der Waals surface area contributed by atoms with Crippen molar-refractivity contribution in [2.75, 3.05) is 0 Å². The lowest BCUT2D eigenvalue weighted by Crippen LogP contribution is -2.22. The third-order valence-electron chi connectivity index (χ3n) is 2.51. The first kappa shape index (κ1) is 13.9. The van der Waals surface area contributed by atoms with Gasteiger partial charge >= 0.3 is 0 Å². The Labute approximate surface area is 105 Å².